The number of para-hydroxylation sites is 2. The molecule has 0 radical (unpaired) electrons. The highest BCUT2D eigenvalue weighted by Crippen LogP contribution is 2.33. The molecule has 176 valence electrons. The Morgan fingerprint density at radius 3 is 2.42 bits per heavy atom. The number of rotatable bonds is 8. The van der Waals surface area contributed by atoms with Gasteiger partial charge in [0, 0.05) is 6.07 Å². The first-order valence-electron chi connectivity index (χ1n) is 10.1. The molecule has 0 saturated carbocycles. The summed E-state index contributed by atoms with van der Waals surface area (Å²) in [4.78, 5) is 12.3. The lowest BCUT2D eigenvalue weighted by Crippen LogP contribution is -2.39. The molecule has 1 amide bonds. The highest BCUT2D eigenvalue weighted by atomic mass is 35.5. The molecule has 0 aliphatic heterocycles. The number of halogens is 4. The third-order valence-corrected chi connectivity index (χ3v) is 5.01. The SMILES string of the molecule is Cc1cccc(C)c1OCC(C)NC(=O)COc1cc(C(F)(F)F)nn1-c1ccccc1Cl. The second kappa shape index (κ2) is 10.2. The standard InChI is InChI=1S/C23H23ClF3N3O3/c1-14-7-6-8-15(2)22(14)33-12-16(3)28-20(31)13-32-21-11-19(23(25,26)27)29-30(21)18-10-5-4-9-17(18)24/h4-11,16H,12-13H2,1-3H3,(H,28,31). The first-order valence-corrected chi connectivity index (χ1v) is 10.5. The van der Waals surface area contributed by atoms with Crippen LogP contribution in [0.3, 0.4) is 0 Å². The van der Waals surface area contributed by atoms with Gasteiger partial charge < -0.3 is 14.8 Å². The van der Waals surface area contributed by atoms with E-state index in [0.717, 1.165) is 27.6 Å². The van der Waals surface area contributed by atoms with Gasteiger partial charge in [0.2, 0.25) is 5.88 Å². The Morgan fingerprint density at radius 2 is 1.79 bits per heavy atom. The van der Waals surface area contributed by atoms with E-state index in [0.29, 0.717) is 0 Å². The summed E-state index contributed by atoms with van der Waals surface area (Å²) in [6.07, 6.45) is -4.69. The Morgan fingerprint density at radius 1 is 1.12 bits per heavy atom. The molecular formula is C23H23ClF3N3O3. The number of ether oxygens (including phenoxy) is 2. The molecule has 0 fully saturated rings. The van der Waals surface area contributed by atoms with Gasteiger partial charge in [0.15, 0.2) is 12.3 Å². The molecule has 3 rings (SSSR count). The normalized spacial score (nSPS) is 12.3. The van der Waals surface area contributed by atoms with Crippen molar-refractivity contribution in [3.63, 3.8) is 0 Å². The summed E-state index contributed by atoms with van der Waals surface area (Å²) >= 11 is 6.10. The lowest BCUT2D eigenvalue weighted by molar-refractivity contribution is -0.141. The number of hydrogen-bond donors (Lipinski definition) is 1. The number of hydrogen-bond acceptors (Lipinski definition) is 4. The van der Waals surface area contributed by atoms with Crippen LogP contribution in [0.1, 0.15) is 23.7 Å². The van der Waals surface area contributed by atoms with Crippen molar-refractivity contribution in [2.45, 2.75) is 33.0 Å². The van der Waals surface area contributed by atoms with Gasteiger partial charge in [-0.3, -0.25) is 4.79 Å². The zero-order chi connectivity index (χ0) is 24.2. The van der Waals surface area contributed by atoms with Crippen LogP contribution < -0.4 is 14.8 Å². The fourth-order valence-corrected chi connectivity index (χ4v) is 3.35. The second-order valence-corrected chi connectivity index (χ2v) is 7.93. The average Bonchev–Trinajstić information content (AvgIpc) is 3.17. The van der Waals surface area contributed by atoms with Crippen molar-refractivity contribution in [2.75, 3.05) is 13.2 Å². The van der Waals surface area contributed by atoms with E-state index < -0.39 is 24.4 Å². The highest BCUT2D eigenvalue weighted by Gasteiger charge is 2.36. The van der Waals surface area contributed by atoms with E-state index in [4.69, 9.17) is 21.1 Å². The lowest BCUT2D eigenvalue weighted by Gasteiger charge is -2.17. The molecule has 1 N–H and O–H groups in total. The number of nitrogens with one attached hydrogen (secondary N) is 1. The molecular weight excluding hydrogens is 459 g/mol. The van der Waals surface area contributed by atoms with Crippen LogP contribution in [-0.2, 0) is 11.0 Å². The van der Waals surface area contributed by atoms with Gasteiger partial charge in [-0.15, -0.1) is 0 Å². The summed E-state index contributed by atoms with van der Waals surface area (Å²) in [5.41, 5.74) is 0.990. The summed E-state index contributed by atoms with van der Waals surface area (Å²) in [5.74, 6) is -0.0312. The molecule has 1 heterocycles. The van der Waals surface area contributed by atoms with E-state index in [9.17, 15) is 18.0 Å². The fourth-order valence-electron chi connectivity index (χ4n) is 3.13. The number of amides is 1. The van der Waals surface area contributed by atoms with Crippen molar-refractivity contribution in [1.29, 1.82) is 0 Å². The molecule has 0 saturated heterocycles. The lowest BCUT2D eigenvalue weighted by atomic mass is 10.1. The molecule has 6 nitrogen and oxygen atoms in total. The molecule has 0 aliphatic carbocycles. The Labute approximate surface area is 194 Å². The van der Waals surface area contributed by atoms with Crippen molar-refractivity contribution in [2.24, 2.45) is 0 Å². The van der Waals surface area contributed by atoms with Crippen molar-refractivity contribution in [3.05, 3.63) is 70.4 Å². The monoisotopic (exact) mass is 481 g/mol. The summed E-state index contributed by atoms with van der Waals surface area (Å²) in [6.45, 7) is 5.31. The molecule has 33 heavy (non-hydrogen) atoms. The van der Waals surface area contributed by atoms with Crippen LogP contribution >= 0.6 is 11.6 Å². The van der Waals surface area contributed by atoms with Crippen molar-refractivity contribution >= 4 is 17.5 Å². The Bertz CT molecular complexity index is 1110. The predicted octanol–water partition coefficient (Wildman–Crippen LogP) is 5.12. The third kappa shape index (κ3) is 6.19. The molecule has 2 aromatic carbocycles. The van der Waals surface area contributed by atoms with Crippen LogP contribution in [0.5, 0.6) is 11.6 Å². The van der Waals surface area contributed by atoms with Crippen molar-refractivity contribution < 1.29 is 27.4 Å². The number of nitrogens with zero attached hydrogens (tertiary/aromatic N) is 2. The van der Waals surface area contributed by atoms with Gasteiger partial charge in [-0.1, -0.05) is 41.9 Å². The molecule has 0 bridgehead atoms. The van der Waals surface area contributed by atoms with Crippen molar-refractivity contribution in [1.82, 2.24) is 15.1 Å². The van der Waals surface area contributed by atoms with Gasteiger partial charge in [-0.05, 0) is 44.0 Å². The van der Waals surface area contributed by atoms with Crippen LogP contribution in [-0.4, -0.2) is 34.9 Å². The summed E-state index contributed by atoms with van der Waals surface area (Å²) < 4.78 is 51.7. The Hall–Kier alpha value is -3.20. The maximum Gasteiger partial charge on any atom is 0.435 e. The van der Waals surface area contributed by atoms with E-state index in [1.807, 2.05) is 32.0 Å². The van der Waals surface area contributed by atoms with Crippen LogP contribution in [0.4, 0.5) is 13.2 Å². The zero-order valence-electron chi connectivity index (χ0n) is 18.2. The van der Waals surface area contributed by atoms with Gasteiger partial charge in [0.25, 0.3) is 5.91 Å². The molecule has 1 atom stereocenters. The first kappa shape index (κ1) is 24.4. The van der Waals surface area contributed by atoms with E-state index in [-0.39, 0.29) is 29.2 Å². The minimum atomic E-state index is -4.69. The van der Waals surface area contributed by atoms with Gasteiger partial charge in [0.1, 0.15) is 12.4 Å². The largest absolute Gasteiger partial charge is 0.491 e. The number of benzene rings is 2. The van der Waals surface area contributed by atoms with Crippen LogP contribution in [0, 0.1) is 13.8 Å². The number of aryl methyl sites for hydroxylation is 2. The quantitative estimate of drug-likeness (QED) is 0.485. The van der Waals surface area contributed by atoms with Crippen LogP contribution in [0.25, 0.3) is 5.69 Å². The number of carbonyl (C=O) groups is 1. The first-order chi connectivity index (χ1) is 15.6. The Balaban J connectivity index is 1.64. The summed E-state index contributed by atoms with van der Waals surface area (Å²) in [6, 6.07) is 12.4. The number of aromatic nitrogens is 2. The van der Waals surface area contributed by atoms with Crippen molar-refractivity contribution in [3.8, 4) is 17.3 Å². The molecule has 0 aliphatic rings. The predicted molar refractivity (Wildman–Crippen MR) is 118 cm³/mol. The maximum atomic E-state index is 13.2. The topological polar surface area (TPSA) is 65.4 Å². The Kier molecular flexibility index (Phi) is 7.53. The molecule has 10 heteroatoms. The zero-order valence-corrected chi connectivity index (χ0v) is 19.0. The molecule has 0 spiro atoms. The van der Waals surface area contributed by atoms with Gasteiger partial charge >= 0.3 is 6.18 Å². The smallest absolute Gasteiger partial charge is 0.435 e. The van der Waals surface area contributed by atoms with Crippen LogP contribution in [0.15, 0.2) is 48.5 Å². The number of carbonyl (C=O) groups excluding carboxylic acids is 1. The minimum Gasteiger partial charge on any atom is -0.491 e. The highest BCUT2D eigenvalue weighted by molar-refractivity contribution is 6.32. The molecule has 1 unspecified atom stereocenters. The number of alkyl halides is 3. The fraction of sp³-hybridized carbons (Fsp3) is 0.304. The van der Waals surface area contributed by atoms with Gasteiger partial charge in [-0.25, -0.2) is 0 Å². The van der Waals surface area contributed by atoms with Crippen LogP contribution in [0.2, 0.25) is 5.02 Å². The van der Waals surface area contributed by atoms with E-state index in [1.54, 1.807) is 19.1 Å². The van der Waals surface area contributed by atoms with E-state index >= 15 is 0 Å². The molecule has 1 aromatic heterocycles. The third-order valence-electron chi connectivity index (χ3n) is 4.69. The minimum absolute atomic E-state index is 0.181. The van der Waals surface area contributed by atoms with Gasteiger partial charge in [-0.2, -0.15) is 23.0 Å². The van der Waals surface area contributed by atoms with Gasteiger partial charge in [0.05, 0.1) is 16.8 Å². The molecule has 3 aromatic rings. The average molecular weight is 482 g/mol. The second-order valence-electron chi connectivity index (χ2n) is 7.52. The summed E-state index contributed by atoms with van der Waals surface area (Å²) in [7, 11) is 0. The van der Waals surface area contributed by atoms with E-state index in [1.165, 1.54) is 12.1 Å². The van der Waals surface area contributed by atoms with E-state index in [2.05, 4.69) is 10.4 Å². The summed E-state index contributed by atoms with van der Waals surface area (Å²) in [5, 5.41) is 6.44. The maximum absolute atomic E-state index is 13.2.